The number of furan rings is 1. The number of carbonyl (C=O) groups is 1. The Morgan fingerprint density at radius 3 is 2.80 bits per heavy atom. The molecule has 0 saturated heterocycles. The molecule has 0 spiro atoms. The van der Waals surface area contributed by atoms with E-state index in [1.807, 2.05) is 0 Å². The van der Waals surface area contributed by atoms with Gasteiger partial charge in [-0.1, -0.05) is 6.07 Å². The van der Waals surface area contributed by atoms with E-state index in [2.05, 4.69) is 5.32 Å². The molecular formula is C13H12N2O5. The first-order valence-electron chi connectivity index (χ1n) is 5.86. The van der Waals surface area contributed by atoms with E-state index in [9.17, 15) is 20.0 Å². The summed E-state index contributed by atoms with van der Waals surface area (Å²) in [6.07, 6.45) is 2.03. The second kappa shape index (κ2) is 5.87. The van der Waals surface area contributed by atoms with E-state index in [4.69, 9.17) is 4.42 Å². The summed E-state index contributed by atoms with van der Waals surface area (Å²) in [6, 6.07) is 7.32. The van der Waals surface area contributed by atoms with Crippen molar-refractivity contribution in [3.8, 4) is 5.75 Å². The third-order valence-electron chi connectivity index (χ3n) is 2.69. The van der Waals surface area contributed by atoms with Crippen LogP contribution in [0.2, 0.25) is 0 Å². The summed E-state index contributed by atoms with van der Waals surface area (Å²) in [4.78, 5) is 21.8. The smallest absolute Gasteiger partial charge is 0.311 e. The molecule has 104 valence electrons. The number of phenols is 1. The molecule has 0 saturated carbocycles. The molecule has 1 aromatic heterocycles. The highest BCUT2D eigenvalue weighted by Gasteiger charge is 2.20. The van der Waals surface area contributed by atoms with Gasteiger partial charge in [-0.25, -0.2) is 0 Å². The lowest BCUT2D eigenvalue weighted by molar-refractivity contribution is -0.385. The highest BCUT2D eigenvalue weighted by molar-refractivity contribution is 5.98. The Kier molecular flexibility index (Phi) is 3.99. The molecule has 0 aliphatic rings. The molecule has 0 radical (unpaired) electrons. The Bertz CT molecular complexity index is 622. The maximum Gasteiger partial charge on any atom is 0.311 e. The quantitative estimate of drug-likeness (QED) is 0.640. The number of nitrogens with one attached hydrogen (secondary N) is 1. The minimum atomic E-state index is -0.741. The van der Waals surface area contributed by atoms with Gasteiger partial charge >= 0.3 is 5.69 Å². The number of nitro groups is 1. The van der Waals surface area contributed by atoms with Crippen LogP contribution in [0.5, 0.6) is 5.75 Å². The molecule has 0 aliphatic heterocycles. The largest absolute Gasteiger partial charge is 0.502 e. The van der Waals surface area contributed by atoms with E-state index in [-0.39, 0.29) is 5.56 Å². The molecule has 20 heavy (non-hydrogen) atoms. The number of phenolic OH excluding ortho intramolecular Hbond substituents is 1. The van der Waals surface area contributed by atoms with Crippen molar-refractivity contribution in [1.29, 1.82) is 0 Å². The lowest BCUT2D eigenvalue weighted by Crippen LogP contribution is -2.25. The van der Waals surface area contributed by atoms with Gasteiger partial charge in [-0.05, 0) is 18.2 Å². The number of hydrogen-bond donors (Lipinski definition) is 2. The molecule has 0 fully saturated rings. The maximum atomic E-state index is 11.8. The number of amides is 1. The second-order valence-corrected chi connectivity index (χ2v) is 4.02. The molecule has 2 aromatic rings. The summed E-state index contributed by atoms with van der Waals surface area (Å²) in [5, 5.41) is 22.9. The lowest BCUT2D eigenvalue weighted by Gasteiger charge is -2.06. The summed E-state index contributed by atoms with van der Waals surface area (Å²) in [5.41, 5.74) is -0.623. The minimum absolute atomic E-state index is 0.126. The molecule has 7 heteroatoms. The molecule has 1 heterocycles. The average Bonchev–Trinajstić information content (AvgIpc) is 2.91. The van der Waals surface area contributed by atoms with Gasteiger partial charge in [-0.3, -0.25) is 14.9 Å². The molecule has 2 N–H and O–H groups in total. The van der Waals surface area contributed by atoms with Crippen LogP contribution in [0.15, 0.2) is 41.0 Å². The number of hydrogen-bond acceptors (Lipinski definition) is 5. The zero-order chi connectivity index (χ0) is 14.5. The summed E-state index contributed by atoms with van der Waals surface area (Å²) in [5.74, 6) is -0.487. The van der Waals surface area contributed by atoms with Gasteiger partial charge in [0, 0.05) is 19.0 Å². The average molecular weight is 276 g/mol. The normalized spacial score (nSPS) is 10.2. The van der Waals surface area contributed by atoms with Gasteiger partial charge in [0.1, 0.15) is 5.76 Å². The first-order valence-corrected chi connectivity index (χ1v) is 5.86. The fraction of sp³-hybridized carbons (Fsp3) is 0.154. The van der Waals surface area contributed by atoms with Crippen LogP contribution in [-0.2, 0) is 6.42 Å². The van der Waals surface area contributed by atoms with Crippen LogP contribution in [0.4, 0.5) is 5.69 Å². The molecule has 0 unspecified atom stereocenters. The summed E-state index contributed by atoms with van der Waals surface area (Å²) in [6.45, 7) is 0.300. The Morgan fingerprint density at radius 2 is 2.15 bits per heavy atom. The van der Waals surface area contributed by atoms with Crippen LogP contribution in [0.3, 0.4) is 0 Å². The summed E-state index contributed by atoms with van der Waals surface area (Å²) >= 11 is 0. The number of para-hydroxylation sites is 1. The van der Waals surface area contributed by atoms with Crippen molar-refractivity contribution in [3.63, 3.8) is 0 Å². The van der Waals surface area contributed by atoms with Crippen LogP contribution < -0.4 is 5.32 Å². The Labute approximate surface area is 114 Å². The summed E-state index contributed by atoms with van der Waals surface area (Å²) < 4.78 is 5.11. The third kappa shape index (κ3) is 2.94. The van der Waals surface area contributed by atoms with Crippen molar-refractivity contribution < 1.29 is 19.2 Å². The van der Waals surface area contributed by atoms with Crippen LogP contribution in [0.25, 0.3) is 0 Å². The number of nitro benzene ring substituents is 1. The molecule has 0 bridgehead atoms. The van der Waals surface area contributed by atoms with Gasteiger partial charge in [-0.15, -0.1) is 0 Å². The van der Waals surface area contributed by atoms with Gasteiger partial charge in [0.05, 0.1) is 16.7 Å². The van der Waals surface area contributed by atoms with Crippen molar-refractivity contribution in [2.45, 2.75) is 6.42 Å². The van der Waals surface area contributed by atoms with Gasteiger partial charge in [-0.2, -0.15) is 0 Å². The highest BCUT2D eigenvalue weighted by atomic mass is 16.6. The van der Waals surface area contributed by atoms with E-state index in [1.54, 1.807) is 12.1 Å². The second-order valence-electron chi connectivity index (χ2n) is 4.02. The highest BCUT2D eigenvalue weighted by Crippen LogP contribution is 2.28. The number of benzene rings is 1. The Morgan fingerprint density at radius 1 is 1.35 bits per heavy atom. The lowest BCUT2D eigenvalue weighted by atomic mass is 10.1. The van der Waals surface area contributed by atoms with E-state index >= 15 is 0 Å². The maximum absolute atomic E-state index is 11.8. The first kappa shape index (κ1) is 13.6. The molecule has 7 nitrogen and oxygen atoms in total. The third-order valence-corrected chi connectivity index (χ3v) is 2.69. The van der Waals surface area contributed by atoms with E-state index < -0.39 is 22.3 Å². The zero-order valence-corrected chi connectivity index (χ0v) is 10.4. The number of carbonyl (C=O) groups excluding carboxylic acids is 1. The van der Waals surface area contributed by atoms with Gasteiger partial charge < -0.3 is 14.8 Å². The van der Waals surface area contributed by atoms with Crippen molar-refractivity contribution in [2.24, 2.45) is 0 Å². The first-order chi connectivity index (χ1) is 9.59. The molecule has 1 amide bonds. The van der Waals surface area contributed by atoms with Crippen LogP contribution in [0.1, 0.15) is 16.1 Å². The Hall–Kier alpha value is -2.83. The number of aromatic hydroxyl groups is 1. The standard InChI is InChI=1S/C13H12N2O5/c16-12-10(4-1-5-11(12)15(18)19)13(17)14-7-6-9-3-2-8-20-9/h1-5,8,16H,6-7H2,(H,14,17). The van der Waals surface area contributed by atoms with Crippen molar-refractivity contribution in [3.05, 3.63) is 58.0 Å². The molecular weight excluding hydrogens is 264 g/mol. The SMILES string of the molecule is O=C(NCCc1ccco1)c1cccc([N+](=O)[O-])c1O. The summed E-state index contributed by atoms with van der Waals surface area (Å²) in [7, 11) is 0. The zero-order valence-electron chi connectivity index (χ0n) is 10.4. The van der Waals surface area contributed by atoms with E-state index in [0.29, 0.717) is 18.7 Å². The number of rotatable bonds is 5. The molecule has 2 rings (SSSR count). The fourth-order valence-electron chi connectivity index (χ4n) is 1.71. The Balaban J connectivity index is 2.02. The predicted molar refractivity (Wildman–Crippen MR) is 69.5 cm³/mol. The number of nitrogens with zero attached hydrogens (tertiary/aromatic N) is 1. The van der Waals surface area contributed by atoms with Crippen LogP contribution >= 0.6 is 0 Å². The van der Waals surface area contributed by atoms with E-state index in [0.717, 1.165) is 6.07 Å². The van der Waals surface area contributed by atoms with Crippen molar-refractivity contribution in [2.75, 3.05) is 6.54 Å². The minimum Gasteiger partial charge on any atom is -0.502 e. The van der Waals surface area contributed by atoms with Gasteiger partial charge in [0.15, 0.2) is 0 Å². The van der Waals surface area contributed by atoms with Gasteiger partial charge in [0.2, 0.25) is 5.75 Å². The predicted octanol–water partition coefficient (Wildman–Crippen LogP) is 1.87. The molecule has 0 aliphatic carbocycles. The topological polar surface area (TPSA) is 106 Å². The molecule has 1 aromatic carbocycles. The monoisotopic (exact) mass is 276 g/mol. The van der Waals surface area contributed by atoms with Gasteiger partial charge in [0.25, 0.3) is 5.91 Å². The van der Waals surface area contributed by atoms with Crippen LogP contribution in [0, 0.1) is 10.1 Å². The van der Waals surface area contributed by atoms with Crippen LogP contribution in [-0.4, -0.2) is 22.5 Å². The fourth-order valence-corrected chi connectivity index (χ4v) is 1.71. The molecule has 0 atom stereocenters. The van der Waals surface area contributed by atoms with Crippen molar-refractivity contribution >= 4 is 11.6 Å². The van der Waals surface area contributed by atoms with Crippen molar-refractivity contribution in [1.82, 2.24) is 5.32 Å². The van der Waals surface area contributed by atoms with E-state index in [1.165, 1.54) is 18.4 Å².